The molecule has 0 aliphatic heterocycles. The summed E-state index contributed by atoms with van der Waals surface area (Å²) in [6.07, 6.45) is 0. The molecule has 3 aromatic carbocycles. The molecule has 4 aromatic rings. The van der Waals surface area contributed by atoms with Gasteiger partial charge in [0.15, 0.2) is 11.0 Å². The number of rotatable bonds is 5. The van der Waals surface area contributed by atoms with E-state index >= 15 is 0 Å². The summed E-state index contributed by atoms with van der Waals surface area (Å²) in [6.45, 7) is 2.05. The van der Waals surface area contributed by atoms with Crippen molar-refractivity contribution in [3.63, 3.8) is 0 Å². The molecular formula is C23H17ClN4S. The summed E-state index contributed by atoms with van der Waals surface area (Å²) in [4.78, 5) is 0. The zero-order valence-corrected chi connectivity index (χ0v) is 17.3. The second-order valence-corrected chi connectivity index (χ2v) is 7.86. The number of benzene rings is 3. The van der Waals surface area contributed by atoms with E-state index in [2.05, 4.69) is 35.3 Å². The predicted molar refractivity (Wildman–Crippen MR) is 117 cm³/mol. The lowest BCUT2D eigenvalue weighted by atomic mass is 10.1. The summed E-state index contributed by atoms with van der Waals surface area (Å²) >= 11 is 7.99. The van der Waals surface area contributed by atoms with Crippen LogP contribution in [0, 0.1) is 18.3 Å². The average molecular weight is 417 g/mol. The summed E-state index contributed by atoms with van der Waals surface area (Å²) < 4.78 is 2.01. The van der Waals surface area contributed by atoms with E-state index in [0.29, 0.717) is 22.2 Å². The first-order chi connectivity index (χ1) is 14.2. The van der Waals surface area contributed by atoms with Gasteiger partial charge in [-0.25, -0.2) is 0 Å². The Morgan fingerprint density at radius 3 is 2.45 bits per heavy atom. The number of aromatic nitrogens is 3. The van der Waals surface area contributed by atoms with Gasteiger partial charge >= 0.3 is 0 Å². The lowest BCUT2D eigenvalue weighted by Crippen LogP contribution is -2.00. The van der Waals surface area contributed by atoms with Crippen molar-refractivity contribution in [1.29, 1.82) is 5.26 Å². The second-order valence-electron chi connectivity index (χ2n) is 6.51. The summed E-state index contributed by atoms with van der Waals surface area (Å²) in [5.74, 6) is 1.31. The van der Waals surface area contributed by atoms with Crippen LogP contribution in [0.3, 0.4) is 0 Å². The maximum Gasteiger partial charge on any atom is 0.196 e. The first-order valence-corrected chi connectivity index (χ1v) is 10.4. The van der Waals surface area contributed by atoms with Crippen molar-refractivity contribution in [1.82, 2.24) is 14.8 Å². The number of hydrogen-bond acceptors (Lipinski definition) is 4. The number of nitriles is 1. The highest BCUT2D eigenvalue weighted by molar-refractivity contribution is 7.98. The monoisotopic (exact) mass is 416 g/mol. The Morgan fingerprint density at radius 2 is 1.69 bits per heavy atom. The SMILES string of the molecule is Cc1ccc(-n2c(SCc3ccccc3C#N)nnc2-c2ccccc2Cl)cc1. The van der Waals surface area contributed by atoms with Gasteiger partial charge < -0.3 is 0 Å². The van der Waals surface area contributed by atoms with Crippen molar-refractivity contribution < 1.29 is 0 Å². The topological polar surface area (TPSA) is 54.5 Å². The van der Waals surface area contributed by atoms with E-state index in [1.165, 1.54) is 5.56 Å². The van der Waals surface area contributed by atoms with Crippen molar-refractivity contribution in [2.45, 2.75) is 17.8 Å². The van der Waals surface area contributed by atoms with E-state index < -0.39 is 0 Å². The molecule has 0 aliphatic carbocycles. The van der Waals surface area contributed by atoms with Gasteiger partial charge in [-0.2, -0.15) is 5.26 Å². The van der Waals surface area contributed by atoms with Crippen LogP contribution >= 0.6 is 23.4 Å². The molecule has 29 heavy (non-hydrogen) atoms. The molecular weight excluding hydrogens is 400 g/mol. The number of halogens is 1. The van der Waals surface area contributed by atoms with Gasteiger partial charge in [0, 0.05) is 17.0 Å². The molecule has 1 aromatic heterocycles. The first-order valence-electron chi connectivity index (χ1n) is 9.05. The largest absolute Gasteiger partial charge is 0.270 e. The minimum atomic E-state index is 0.621. The standard InChI is InChI=1S/C23H17ClN4S/c1-16-10-12-19(13-11-16)28-22(20-8-4-5-9-21(20)24)26-27-23(28)29-15-18-7-3-2-6-17(18)14-25/h2-13H,15H2,1H3. The first kappa shape index (κ1) is 19.3. The van der Waals surface area contributed by atoms with Crippen LogP contribution in [0.5, 0.6) is 0 Å². The van der Waals surface area contributed by atoms with Crippen molar-refractivity contribution in [2.75, 3.05) is 0 Å². The fraction of sp³-hybridized carbons (Fsp3) is 0.0870. The maximum absolute atomic E-state index is 9.35. The fourth-order valence-corrected chi connectivity index (χ4v) is 4.18. The van der Waals surface area contributed by atoms with E-state index in [4.69, 9.17) is 11.6 Å². The Kier molecular flexibility index (Phi) is 5.66. The third-order valence-corrected chi connectivity index (χ3v) is 5.84. The van der Waals surface area contributed by atoms with E-state index in [0.717, 1.165) is 22.0 Å². The quantitative estimate of drug-likeness (QED) is 0.371. The maximum atomic E-state index is 9.35. The van der Waals surface area contributed by atoms with Crippen LogP contribution in [0.4, 0.5) is 0 Å². The van der Waals surface area contributed by atoms with Crippen molar-refractivity contribution in [3.8, 4) is 23.1 Å². The zero-order chi connectivity index (χ0) is 20.2. The molecule has 6 heteroatoms. The minimum absolute atomic E-state index is 0.621. The van der Waals surface area contributed by atoms with Gasteiger partial charge in [-0.1, -0.05) is 71.4 Å². The van der Waals surface area contributed by atoms with Crippen LogP contribution in [0.15, 0.2) is 78.0 Å². The molecule has 4 nitrogen and oxygen atoms in total. The third-order valence-electron chi connectivity index (χ3n) is 4.53. The van der Waals surface area contributed by atoms with Crippen molar-refractivity contribution in [3.05, 3.63) is 94.5 Å². The average Bonchev–Trinajstić information content (AvgIpc) is 3.17. The summed E-state index contributed by atoms with van der Waals surface area (Å²) in [5.41, 5.74) is 4.61. The molecule has 1 heterocycles. The Labute approximate surface area is 178 Å². The molecule has 4 rings (SSSR count). The zero-order valence-electron chi connectivity index (χ0n) is 15.7. The van der Waals surface area contributed by atoms with E-state index in [9.17, 15) is 5.26 Å². The fourth-order valence-electron chi connectivity index (χ4n) is 3.00. The molecule has 0 atom stereocenters. The number of aryl methyl sites for hydroxylation is 1. The Bertz CT molecular complexity index is 1190. The van der Waals surface area contributed by atoms with Crippen LogP contribution in [0.25, 0.3) is 17.1 Å². The van der Waals surface area contributed by atoms with E-state index in [1.54, 1.807) is 11.8 Å². The normalized spacial score (nSPS) is 10.7. The van der Waals surface area contributed by atoms with E-state index in [1.807, 2.05) is 65.2 Å². The molecule has 0 saturated heterocycles. The molecule has 0 amide bonds. The van der Waals surface area contributed by atoms with Crippen LogP contribution in [0.2, 0.25) is 5.02 Å². The molecule has 0 saturated carbocycles. The van der Waals surface area contributed by atoms with Gasteiger partial charge in [0.25, 0.3) is 0 Å². The summed E-state index contributed by atoms with van der Waals surface area (Å²) in [5, 5.41) is 19.6. The van der Waals surface area contributed by atoms with Crippen molar-refractivity contribution in [2.24, 2.45) is 0 Å². The van der Waals surface area contributed by atoms with E-state index in [-0.39, 0.29) is 0 Å². The highest BCUT2D eigenvalue weighted by atomic mass is 35.5. The lowest BCUT2D eigenvalue weighted by molar-refractivity contribution is 0.885. The second kappa shape index (κ2) is 8.52. The molecule has 0 bridgehead atoms. The van der Waals surface area contributed by atoms with Gasteiger partial charge in [0.05, 0.1) is 16.7 Å². The molecule has 0 spiro atoms. The molecule has 142 valence electrons. The van der Waals surface area contributed by atoms with Crippen LogP contribution in [-0.4, -0.2) is 14.8 Å². The third kappa shape index (κ3) is 4.04. The predicted octanol–water partition coefficient (Wildman–Crippen LogP) is 6.06. The van der Waals surface area contributed by atoms with Crippen LogP contribution in [0.1, 0.15) is 16.7 Å². The number of thioether (sulfide) groups is 1. The summed E-state index contributed by atoms with van der Waals surface area (Å²) in [7, 11) is 0. The Balaban J connectivity index is 1.77. The van der Waals surface area contributed by atoms with Gasteiger partial charge in [0.1, 0.15) is 0 Å². The highest BCUT2D eigenvalue weighted by Crippen LogP contribution is 2.33. The summed E-state index contributed by atoms with van der Waals surface area (Å²) in [6, 6.07) is 25.7. The Morgan fingerprint density at radius 1 is 0.966 bits per heavy atom. The smallest absolute Gasteiger partial charge is 0.196 e. The van der Waals surface area contributed by atoms with Crippen LogP contribution < -0.4 is 0 Å². The van der Waals surface area contributed by atoms with Crippen LogP contribution in [-0.2, 0) is 5.75 Å². The molecule has 0 fully saturated rings. The van der Waals surface area contributed by atoms with Gasteiger partial charge in [-0.3, -0.25) is 4.57 Å². The molecule has 0 unspecified atom stereocenters. The minimum Gasteiger partial charge on any atom is -0.270 e. The Hall–Kier alpha value is -3.07. The van der Waals surface area contributed by atoms with Gasteiger partial charge in [-0.05, 0) is 42.8 Å². The number of nitrogens with zero attached hydrogens (tertiary/aromatic N) is 4. The molecule has 0 radical (unpaired) electrons. The molecule has 0 N–H and O–H groups in total. The molecule has 0 aliphatic rings. The van der Waals surface area contributed by atoms with Crippen molar-refractivity contribution >= 4 is 23.4 Å². The highest BCUT2D eigenvalue weighted by Gasteiger charge is 2.18. The van der Waals surface area contributed by atoms with Gasteiger partial charge in [0.2, 0.25) is 0 Å². The van der Waals surface area contributed by atoms with Gasteiger partial charge in [-0.15, -0.1) is 10.2 Å². The number of hydrogen-bond donors (Lipinski definition) is 0. The lowest BCUT2D eigenvalue weighted by Gasteiger charge is -2.12.